The highest BCUT2D eigenvalue weighted by atomic mass is 16.7. The van der Waals surface area contributed by atoms with Crippen LogP contribution in [0.2, 0.25) is 0 Å². The quantitative estimate of drug-likeness (QED) is 0.352. The van der Waals surface area contributed by atoms with E-state index >= 15 is 0 Å². The molecule has 8 nitrogen and oxygen atoms in total. The van der Waals surface area contributed by atoms with Crippen LogP contribution < -0.4 is 0 Å². The molecule has 0 aliphatic carbocycles. The molecule has 2 aliphatic rings. The first-order chi connectivity index (χ1) is 9.26. The number of Topliss-reactive ketones (excluding diaryl/α,β-unsaturated/α-hetero) is 2. The maximum Gasteiger partial charge on any atom is 0.326 e. The van der Waals surface area contributed by atoms with Gasteiger partial charge in [-0.2, -0.15) is 0 Å². The summed E-state index contributed by atoms with van der Waals surface area (Å²) in [4.78, 5) is 34.4. The van der Waals surface area contributed by atoms with Gasteiger partial charge in [-0.1, -0.05) is 0 Å². The average Bonchev–Trinajstić information content (AvgIpc) is 2.81. The maximum atomic E-state index is 11.9. The molecular formula is C12H16O8. The summed E-state index contributed by atoms with van der Waals surface area (Å²) in [5.41, 5.74) is 0. The van der Waals surface area contributed by atoms with Gasteiger partial charge in [-0.3, -0.25) is 14.4 Å². The van der Waals surface area contributed by atoms with Crippen molar-refractivity contribution < 1.29 is 38.8 Å². The molecule has 8 heteroatoms. The number of hydrogen-bond acceptors (Lipinski definition) is 8. The molecule has 2 fully saturated rings. The molecule has 0 aromatic carbocycles. The fraction of sp³-hybridized carbons (Fsp3) is 0.750. The molecule has 0 unspecified atom stereocenters. The van der Waals surface area contributed by atoms with Crippen LogP contribution in [-0.2, 0) is 28.6 Å². The SMILES string of the molecule is CC(=O)C(C(C)=O)C(=O)O[C@@]1(O)CO[C@@H]2[C@H](O)CO[C@@H]21. The third kappa shape index (κ3) is 2.47. The van der Waals surface area contributed by atoms with Gasteiger partial charge in [-0.15, -0.1) is 0 Å². The first-order valence-corrected chi connectivity index (χ1v) is 6.13. The Labute approximate surface area is 114 Å². The van der Waals surface area contributed by atoms with E-state index in [-0.39, 0.29) is 6.61 Å². The molecule has 0 saturated carbocycles. The lowest BCUT2D eigenvalue weighted by Gasteiger charge is -2.27. The van der Waals surface area contributed by atoms with Crippen molar-refractivity contribution in [2.45, 2.75) is 37.9 Å². The molecular weight excluding hydrogens is 272 g/mol. The number of aliphatic hydroxyl groups is 2. The molecule has 2 N–H and O–H groups in total. The van der Waals surface area contributed by atoms with E-state index in [0.29, 0.717) is 0 Å². The zero-order valence-electron chi connectivity index (χ0n) is 11.1. The number of esters is 1. The number of carbonyl (C=O) groups excluding carboxylic acids is 3. The predicted molar refractivity (Wildman–Crippen MR) is 61.4 cm³/mol. The minimum absolute atomic E-state index is 0.0575. The van der Waals surface area contributed by atoms with Crippen LogP contribution in [0.1, 0.15) is 13.8 Å². The topological polar surface area (TPSA) is 119 Å². The molecule has 2 aliphatic heterocycles. The average molecular weight is 288 g/mol. The van der Waals surface area contributed by atoms with Crippen molar-refractivity contribution in [2.75, 3.05) is 13.2 Å². The van der Waals surface area contributed by atoms with E-state index in [1.54, 1.807) is 0 Å². The maximum absolute atomic E-state index is 11.9. The Bertz CT molecular complexity index is 433. The third-order valence-corrected chi connectivity index (χ3v) is 3.38. The highest BCUT2D eigenvalue weighted by Crippen LogP contribution is 2.35. The van der Waals surface area contributed by atoms with E-state index in [9.17, 15) is 24.6 Å². The van der Waals surface area contributed by atoms with Gasteiger partial charge < -0.3 is 24.4 Å². The van der Waals surface area contributed by atoms with Crippen LogP contribution in [0, 0.1) is 5.92 Å². The molecule has 0 aromatic rings. The van der Waals surface area contributed by atoms with Gasteiger partial charge in [0.05, 0.1) is 6.61 Å². The zero-order valence-corrected chi connectivity index (χ0v) is 11.1. The van der Waals surface area contributed by atoms with Crippen LogP contribution in [0.15, 0.2) is 0 Å². The van der Waals surface area contributed by atoms with E-state index < -0.39 is 54.2 Å². The summed E-state index contributed by atoms with van der Waals surface area (Å²) in [7, 11) is 0. The largest absolute Gasteiger partial charge is 0.427 e. The second-order valence-corrected chi connectivity index (χ2v) is 5.02. The minimum atomic E-state index is -2.11. The number of rotatable bonds is 4. The summed E-state index contributed by atoms with van der Waals surface area (Å²) >= 11 is 0. The fourth-order valence-corrected chi connectivity index (χ4v) is 2.42. The Morgan fingerprint density at radius 2 is 1.85 bits per heavy atom. The summed E-state index contributed by atoms with van der Waals surface area (Å²) < 4.78 is 15.1. The third-order valence-electron chi connectivity index (χ3n) is 3.38. The summed E-state index contributed by atoms with van der Waals surface area (Å²) in [5.74, 6) is -6.18. The van der Waals surface area contributed by atoms with Gasteiger partial charge in [0.2, 0.25) is 0 Å². The van der Waals surface area contributed by atoms with Gasteiger partial charge in [-0.05, 0) is 13.8 Å². The Morgan fingerprint density at radius 1 is 1.25 bits per heavy atom. The summed E-state index contributed by atoms with van der Waals surface area (Å²) in [6.45, 7) is 1.72. The van der Waals surface area contributed by atoms with Crippen molar-refractivity contribution in [2.24, 2.45) is 5.92 Å². The van der Waals surface area contributed by atoms with Crippen molar-refractivity contribution >= 4 is 17.5 Å². The summed E-state index contributed by atoms with van der Waals surface area (Å²) in [6, 6.07) is 0. The molecule has 112 valence electrons. The van der Waals surface area contributed by atoms with E-state index in [0.717, 1.165) is 13.8 Å². The van der Waals surface area contributed by atoms with Gasteiger partial charge in [-0.25, -0.2) is 0 Å². The monoisotopic (exact) mass is 288 g/mol. The molecule has 2 heterocycles. The lowest BCUT2D eigenvalue weighted by atomic mass is 10.0. The molecule has 4 atom stereocenters. The molecule has 2 rings (SSSR count). The Kier molecular flexibility index (Phi) is 3.92. The fourth-order valence-electron chi connectivity index (χ4n) is 2.42. The van der Waals surface area contributed by atoms with Crippen molar-refractivity contribution in [3.05, 3.63) is 0 Å². The van der Waals surface area contributed by atoms with E-state index in [4.69, 9.17) is 14.2 Å². The van der Waals surface area contributed by atoms with Crippen molar-refractivity contribution in [3.8, 4) is 0 Å². The second-order valence-electron chi connectivity index (χ2n) is 5.02. The molecule has 0 bridgehead atoms. The number of ketones is 2. The van der Waals surface area contributed by atoms with Crippen LogP contribution >= 0.6 is 0 Å². The van der Waals surface area contributed by atoms with Crippen LogP contribution in [0.25, 0.3) is 0 Å². The van der Waals surface area contributed by atoms with Crippen LogP contribution in [0.3, 0.4) is 0 Å². The number of aliphatic hydroxyl groups excluding tert-OH is 1. The Balaban J connectivity index is 2.11. The molecule has 0 radical (unpaired) electrons. The molecule has 0 spiro atoms. The molecule has 20 heavy (non-hydrogen) atoms. The van der Waals surface area contributed by atoms with Crippen molar-refractivity contribution in [3.63, 3.8) is 0 Å². The van der Waals surface area contributed by atoms with Crippen molar-refractivity contribution in [1.82, 2.24) is 0 Å². The van der Waals surface area contributed by atoms with Crippen LogP contribution in [0.4, 0.5) is 0 Å². The minimum Gasteiger partial charge on any atom is -0.427 e. The van der Waals surface area contributed by atoms with E-state index in [1.165, 1.54) is 0 Å². The van der Waals surface area contributed by atoms with E-state index in [2.05, 4.69) is 0 Å². The van der Waals surface area contributed by atoms with Gasteiger partial charge in [0.25, 0.3) is 5.79 Å². The standard InChI is InChI=1S/C12H16O8/c1-5(13)8(6(2)14)11(16)20-12(17)4-19-9-7(15)3-18-10(9)12/h7-10,15,17H,3-4H2,1-2H3/t7-,9-,10+,12+/m1/s1. The van der Waals surface area contributed by atoms with E-state index in [1.807, 2.05) is 0 Å². The second kappa shape index (κ2) is 5.21. The first-order valence-electron chi connectivity index (χ1n) is 6.13. The Hall–Kier alpha value is -1.35. The van der Waals surface area contributed by atoms with Gasteiger partial charge in [0, 0.05) is 0 Å². The smallest absolute Gasteiger partial charge is 0.326 e. The predicted octanol–water partition coefficient (Wildman–Crippen LogP) is -1.83. The number of ether oxygens (including phenoxy) is 3. The number of hydrogen-bond donors (Lipinski definition) is 2. The normalized spacial score (nSPS) is 36.0. The summed E-state index contributed by atoms with van der Waals surface area (Å²) in [5, 5.41) is 19.8. The van der Waals surface area contributed by atoms with Gasteiger partial charge >= 0.3 is 5.97 Å². The summed E-state index contributed by atoms with van der Waals surface area (Å²) in [6.07, 6.45) is -2.77. The number of fused-ring (bicyclic) bond motifs is 1. The van der Waals surface area contributed by atoms with Gasteiger partial charge in [0.15, 0.2) is 23.6 Å². The highest BCUT2D eigenvalue weighted by molar-refractivity contribution is 6.15. The Morgan fingerprint density at radius 3 is 2.40 bits per heavy atom. The van der Waals surface area contributed by atoms with Crippen molar-refractivity contribution in [1.29, 1.82) is 0 Å². The first kappa shape index (κ1) is 15.0. The van der Waals surface area contributed by atoms with Crippen LogP contribution in [-0.4, -0.2) is 65.1 Å². The molecule has 2 saturated heterocycles. The molecule has 0 amide bonds. The lowest BCUT2D eigenvalue weighted by Crippen LogP contribution is -2.49. The zero-order chi connectivity index (χ0) is 15.1. The highest BCUT2D eigenvalue weighted by Gasteiger charge is 2.59. The van der Waals surface area contributed by atoms with Gasteiger partial charge in [0.1, 0.15) is 18.8 Å². The lowest BCUT2D eigenvalue weighted by molar-refractivity contribution is -0.239. The molecule has 0 aromatic heterocycles. The number of carbonyl (C=O) groups is 3. The van der Waals surface area contributed by atoms with Crippen LogP contribution in [0.5, 0.6) is 0 Å².